The van der Waals surface area contributed by atoms with Gasteiger partial charge in [0, 0.05) is 28.3 Å². The zero-order valence-electron chi connectivity index (χ0n) is 17.6. The van der Waals surface area contributed by atoms with Crippen LogP contribution < -0.4 is 5.32 Å². The van der Waals surface area contributed by atoms with E-state index in [0.29, 0.717) is 12.0 Å². The lowest BCUT2D eigenvalue weighted by Crippen LogP contribution is -2.36. The number of methoxy groups -OCH3 is 1. The van der Waals surface area contributed by atoms with Crippen molar-refractivity contribution >= 4 is 34.9 Å². The molecule has 6 heteroatoms. The van der Waals surface area contributed by atoms with Gasteiger partial charge >= 0.3 is 5.97 Å². The summed E-state index contributed by atoms with van der Waals surface area (Å²) in [6.45, 7) is 3.96. The minimum absolute atomic E-state index is 0.104. The van der Waals surface area contributed by atoms with Crippen LogP contribution in [-0.4, -0.2) is 25.1 Å². The van der Waals surface area contributed by atoms with E-state index >= 15 is 0 Å². The Morgan fingerprint density at radius 2 is 1.93 bits per heavy atom. The third-order valence-electron chi connectivity index (χ3n) is 5.85. The number of ether oxygens (including phenoxy) is 1. The molecule has 2 aliphatic rings. The second-order valence-electron chi connectivity index (χ2n) is 7.72. The fraction of sp³-hybridized carbons (Fsp3) is 0.333. The predicted molar refractivity (Wildman–Crippen MR) is 122 cm³/mol. The fourth-order valence-electron chi connectivity index (χ4n) is 4.56. The first kappa shape index (κ1) is 20.9. The largest absolute Gasteiger partial charge is 0.466 e. The molecule has 0 radical (unpaired) electrons. The fourth-order valence-corrected chi connectivity index (χ4v) is 6.48. The van der Waals surface area contributed by atoms with Crippen molar-refractivity contribution in [2.75, 3.05) is 13.4 Å². The number of dihydropyridines is 1. The number of carbonyl (C=O) groups excluding carboxylic acids is 2. The van der Waals surface area contributed by atoms with Gasteiger partial charge in [0.05, 0.1) is 22.8 Å². The van der Waals surface area contributed by atoms with E-state index in [1.807, 2.05) is 31.4 Å². The number of rotatable bonds is 4. The number of benzene rings is 1. The number of carbonyl (C=O) groups is 2. The number of ketones is 1. The summed E-state index contributed by atoms with van der Waals surface area (Å²) < 4.78 is 6.26. The quantitative estimate of drug-likeness (QED) is 0.517. The summed E-state index contributed by atoms with van der Waals surface area (Å²) >= 11 is 3.36. The second kappa shape index (κ2) is 8.44. The van der Waals surface area contributed by atoms with E-state index in [4.69, 9.17) is 4.74 Å². The maximum absolute atomic E-state index is 13.5. The maximum atomic E-state index is 13.5. The summed E-state index contributed by atoms with van der Waals surface area (Å²) in [5.41, 5.74) is 5.17. The normalized spacial score (nSPS) is 21.4. The topological polar surface area (TPSA) is 55.4 Å². The van der Waals surface area contributed by atoms with Gasteiger partial charge in [-0.3, -0.25) is 4.79 Å². The van der Waals surface area contributed by atoms with Gasteiger partial charge in [-0.1, -0.05) is 30.3 Å². The van der Waals surface area contributed by atoms with E-state index < -0.39 is 0 Å². The van der Waals surface area contributed by atoms with E-state index in [0.717, 1.165) is 33.2 Å². The highest BCUT2D eigenvalue weighted by atomic mass is 32.2. The van der Waals surface area contributed by atoms with Gasteiger partial charge in [0.25, 0.3) is 0 Å². The maximum Gasteiger partial charge on any atom is 0.336 e. The molecule has 1 aromatic heterocycles. The van der Waals surface area contributed by atoms with Crippen LogP contribution in [-0.2, 0) is 14.3 Å². The minimum Gasteiger partial charge on any atom is -0.466 e. The molecule has 0 bridgehead atoms. The van der Waals surface area contributed by atoms with Gasteiger partial charge in [0.2, 0.25) is 0 Å². The van der Waals surface area contributed by atoms with Crippen LogP contribution in [0.5, 0.6) is 0 Å². The number of nitrogens with one attached hydrogen (secondary N) is 1. The number of hydrogen-bond acceptors (Lipinski definition) is 6. The van der Waals surface area contributed by atoms with Crippen molar-refractivity contribution in [3.8, 4) is 0 Å². The van der Waals surface area contributed by atoms with Crippen molar-refractivity contribution in [2.45, 2.75) is 42.7 Å². The summed E-state index contributed by atoms with van der Waals surface area (Å²) in [6.07, 6.45) is 3.24. The van der Waals surface area contributed by atoms with E-state index in [1.165, 1.54) is 17.6 Å². The molecule has 2 atom stereocenters. The number of Topliss-reactive ketones (excluding diaryl/α,β-unsaturated/α-hetero) is 1. The first-order valence-corrected chi connectivity index (χ1v) is 12.0. The molecule has 30 heavy (non-hydrogen) atoms. The molecular weight excluding hydrogens is 414 g/mol. The van der Waals surface area contributed by atoms with Crippen LogP contribution in [0.3, 0.4) is 0 Å². The summed E-state index contributed by atoms with van der Waals surface area (Å²) in [5.74, 6) is -0.523. The van der Waals surface area contributed by atoms with Crippen molar-refractivity contribution in [1.82, 2.24) is 5.32 Å². The number of allylic oxidation sites excluding steroid dienone is 3. The lowest BCUT2D eigenvalue weighted by molar-refractivity contribution is -0.136. The number of esters is 1. The van der Waals surface area contributed by atoms with Gasteiger partial charge in [0.1, 0.15) is 0 Å². The lowest BCUT2D eigenvalue weighted by atomic mass is 9.72. The van der Waals surface area contributed by atoms with E-state index in [9.17, 15) is 9.59 Å². The molecule has 1 N–H and O–H groups in total. The second-order valence-corrected chi connectivity index (χ2v) is 10.1. The van der Waals surface area contributed by atoms with Crippen LogP contribution in [0.15, 0.2) is 63.1 Å². The van der Waals surface area contributed by atoms with Gasteiger partial charge in [-0.2, -0.15) is 0 Å². The number of thiophene rings is 1. The molecule has 0 amide bonds. The zero-order chi connectivity index (χ0) is 21.4. The Bertz CT molecular complexity index is 1070. The first-order valence-electron chi connectivity index (χ1n) is 9.96. The van der Waals surface area contributed by atoms with Gasteiger partial charge in [-0.15, -0.1) is 23.1 Å². The van der Waals surface area contributed by atoms with E-state index in [-0.39, 0.29) is 23.6 Å². The highest BCUT2D eigenvalue weighted by Gasteiger charge is 2.42. The molecule has 1 aromatic carbocycles. The van der Waals surface area contributed by atoms with Gasteiger partial charge in [0.15, 0.2) is 5.78 Å². The number of hydrogen-bond donors (Lipinski definition) is 1. The third-order valence-corrected chi connectivity index (χ3v) is 8.07. The zero-order valence-corrected chi connectivity index (χ0v) is 19.2. The lowest BCUT2D eigenvalue weighted by Gasteiger charge is -2.36. The minimum atomic E-state index is -0.384. The molecule has 0 saturated heterocycles. The van der Waals surface area contributed by atoms with Gasteiger partial charge < -0.3 is 10.1 Å². The van der Waals surface area contributed by atoms with Crippen LogP contribution in [0.4, 0.5) is 0 Å². The highest BCUT2D eigenvalue weighted by Crippen LogP contribution is 2.49. The highest BCUT2D eigenvalue weighted by molar-refractivity contribution is 8.00. The molecule has 1 aliphatic carbocycles. The Labute approximate surface area is 185 Å². The predicted octanol–water partition coefficient (Wildman–Crippen LogP) is 5.31. The summed E-state index contributed by atoms with van der Waals surface area (Å²) in [4.78, 5) is 27.4. The molecule has 156 valence electrons. The Kier molecular flexibility index (Phi) is 5.89. The molecule has 2 aromatic rings. The molecular formula is C24H25NO3S2. The van der Waals surface area contributed by atoms with Crippen molar-refractivity contribution in [3.63, 3.8) is 0 Å². The molecule has 0 unspecified atom stereocenters. The average Bonchev–Trinajstić information content (AvgIpc) is 3.13. The average molecular weight is 440 g/mol. The van der Waals surface area contributed by atoms with Gasteiger partial charge in [-0.05, 0) is 49.6 Å². The summed E-state index contributed by atoms with van der Waals surface area (Å²) in [6, 6.07) is 12.3. The van der Waals surface area contributed by atoms with Crippen LogP contribution in [0.1, 0.15) is 47.6 Å². The Morgan fingerprint density at radius 3 is 2.60 bits per heavy atom. The number of aryl methyl sites for hydroxylation is 1. The van der Waals surface area contributed by atoms with Crippen LogP contribution in [0.25, 0.3) is 0 Å². The molecule has 0 spiro atoms. The number of thioether (sulfide) groups is 1. The molecule has 4 nitrogen and oxygen atoms in total. The summed E-state index contributed by atoms with van der Waals surface area (Å²) in [7, 11) is 1.39. The van der Waals surface area contributed by atoms with Crippen LogP contribution in [0.2, 0.25) is 0 Å². The smallest absolute Gasteiger partial charge is 0.336 e. The van der Waals surface area contributed by atoms with Crippen molar-refractivity contribution < 1.29 is 14.3 Å². The standard InChI is InChI=1S/C24H25NO3S2/c1-13-10-17(24(29-4)30-13)21-20(23(27)28-3)14(2)25-18-11-16(12-19(26)22(18)21)15-8-6-5-7-9-15/h5-10,16,21,25H,11-12H2,1-4H3/t16-,21-/m0/s1. The first-order chi connectivity index (χ1) is 14.4. The van der Waals surface area contributed by atoms with Crippen molar-refractivity contribution in [1.29, 1.82) is 0 Å². The van der Waals surface area contributed by atoms with Crippen molar-refractivity contribution in [2.24, 2.45) is 0 Å². The SMILES string of the molecule is COC(=O)C1=C(C)NC2=C(C(=O)C[C@@H](c3ccccc3)C2)[C@H]1c1cc(C)sc1SC. The van der Waals surface area contributed by atoms with E-state index in [1.54, 1.807) is 23.1 Å². The molecule has 0 fully saturated rings. The Hall–Kier alpha value is -2.31. The summed E-state index contributed by atoms with van der Waals surface area (Å²) in [5, 5.41) is 3.39. The van der Waals surface area contributed by atoms with Crippen LogP contribution in [0, 0.1) is 6.92 Å². The molecule has 0 saturated carbocycles. The van der Waals surface area contributed by atoms with E-state index in [2.05, 4.69) is 30.4 Å². The van der Waals surface area contributed by atoms with Crippen LogP contribution >= 0.6 is 23.1 Å². The molecule has 4 rings (SSSR count). The van der Waals surface area contributed by atoms with Gasteiger partial charge in [-0.25, -0.2) is 4.79 Å². The molecule has 2 heterocycles. The molecule has 1 aliphatic heterocycles. The van der Waals surface area contributed by atoms with Crippen molar-refractivity contribution in [3.05, 3.63) is 74.9 Å². The Morgan fingerprint density at radius 1 is 1.20 bits per heavy atom. The monoisotopic (exact) mass is 439 g/mol. The third kappa shape index (κ3) is 3.63. The Balaban J connectivity index is 1.85.